The molecular formula is C13H14N2Se. The quantitative estimate of drug-likeness (QED) is 0.792. The fourth-order valence-corrected chi connectivity index (χ4v) is 3.02. The van der Waals surface area contributed by atoms with Gasteiger partial charge in [-0.1, -0.05) is 0 Å². The first kappa shape index (κ1) is 11.1. The third-order valence-electron chi connectivity index (χ3n) is 2.32. The van der Waals surface area contributed by atoms with Gasteiger partial charge in [-0.25, -0.2) is 0 Å². The minimum absolute atomic E-state index is 0.368. The summed E-state index contributed by atoms with van der Waals surface area (Å²) in [5.41, 5.74) is 14.1. The molecule has 1 aromatic carbocycles. The summed E-state index contributed by atoms with van der Waals surface area (Å²) in [7, 11) is 0. The van der Waals surface area contributed by atoms with E-state index in [1.807, 2.05) is 18.2 Å². The van der Waals surface area contributed by atoms with Crippen LogP contribution in [0.15, 0.2) is 64.4 Å². The summed E-state index contributed by atoms with van der Waals surface area (Å²) in [6.45, 7) is 0. The fourth-order valence-electron chi connectivity index (χ4n) is 1.41. The van der Waals surface area contributed by atoms with E-state index in [2.05, 4.69) is 29.2 Å². The van der Waals surface area contributed by atoms with Crippen molar-refractivity contribution in [1.29, 1.82) is 0 Å². The Morgan fingerprint density at radius 2 is 1.81 bits per heavy atom. The molecule has 16 heavy (non-hydrogen) atoms. The van der Waals surface area contributed by atoms with Crippen LogP contribution >= 0.6 is 0 Å². The molecule has 0 amide bonds. The zero-order chi connectivity index (χ0) is 11.4. The monoisotopic (exact) mass is 278 g/mol. The molecule has 0 aliphatic heterocycles. The molecule has 4 N–H and O–H groups in total. The third-order valence-corrected chi connectivity index (χ3v) is 4.35. The van der Waals surface area contributed by atoms with Crippen molar-refractivity contribution in [3.05, 3.63) is 64.4 Å². The van der Waals surface area contributed by atoms with Crippen LogP contribution in [0.1, 0.15) is 6.42 Å². The van der Waals surface area contributed by atoms with Gasteiger partial charge in [0.1, 0.15) is 0 Å². The third kappa shape index (κ3) is 2.78. The predicted octanol–water partition coefficient (Wildman–Crippen LogP) is 0.989. The van der Waals surface area contributed by atoms with Crippen LogP contribution in [-0.2, 0) is 0 Å². The van der Waals surface area contributed by atoms with Gasteiger partial charge in [-0.05, 0) is 0 Å². The molecule has 0 saturated carbocycles. The van der Waals surface area contributed by atoms with E-state index in [4.69, 9.17) is 11.5 Å². The van der Waals surface area contributed by atoms with E-state index >= 15 is 0 Å². The number of hydrogen-bond acceptors (Lipinski definition) is 2. The molecule has 0 bridgehead atoms. The Hall–Kier alpha value is -1.44. The van der Waals surface area contributed by atoms with Gasteiger partial charge in [-0.3, -0.25) is 0 Å². The summed E-state index contributed by atoms with van der Waals surface area (Å²) < 4.78 is 1.37. The standard InChI is InChI=1S/C13H14N2Se/c14-12-7-6-10(8-13(12)15)9-16-11-4-2-1-3-5-11/h1-5,7-9H,6,14-15H2. The molecule has 2 nitrogen and oxygen atoms in total. The molecule has 3 heteroatoms. The van der Waals surface area contributed by atoms with Crippen molar-refractivity contribution >= 4 is 19.4 Å². The van der Waals surface area contributed by atoms with Gasteiger partial charge in [-0.2, -0.15) is 0 Å². The number of allylic oxidation sites excluding steroid dienone is 3. The van der Waals surface area contributed by atoms with Crippen LogP contribution in [0.3, 0.4) is 0 Å². The second-order valence-corrected chi connectivity index (χ2v) is 5.57. The zero-order valence-corrected chi connectivity index (χ0v) is 10.6. The van der Waals surface area contributed by atoms with Crippen molar-refractivity contribution in [2.45, 2.75) is 6.42 Å². The van der Waals surface area contributed by atoms with Gasteiger partial charge in [-0.15, -0.1) is 0 Å². The molecule has 0 heterocycles. The minimum atomic E-state index is 0.368. The van der Waals surface area contributed by atoms with E-state index in [0.717, 1.165) is 6.42 Å². The normalized spacial score (nSPS) is 18.1. The van der Waals surface area contributed by atoms with Gasteiger partial charge in [0.05, 0.1) is 0 Å². The van der Waals surface area contributed by atoms with Crippen molar-refractivity contribution < 1.29 is 0 Å². The van der Waals surface area contributed by atoms with Crippen molar-refractivity contribution in [3.8, 4) is 0 Å². The Morgan fingerprint density at radius 3 is 2.50 bits per heavy atom. The maximum atomic E-state index is 5.77. The van der Waals surface area contributed by atoms with Crippen molar-refractivity contribution in [2.24, 2.45) is 11.5 Å². The van der Waals surface area contributed by atoms with Crippen molar-refractivity contribution in [2.75, 3.05) is 0 Å². The summed E-state index contributed by atoms with van der Waals surface area (Å²) in [4.78, 5) is 2.26. The Morgan fingerprint density at radius 1 is 1.06 bits per heavy atom. The van der Waals surface area contributed by atoms with Crippen LogP contribution in [0.2, 0.25) is 0 Å². The molecule has 82 valence electrons. The Balaban J connectivity index is 2.05. The second kappa shape index (κ2) is 5.06. The number of benzene rings is 1. The van der Waals surface area contributed by atoms with Crippen LogP contribution in [0, 0.1) is 0 Å². The van der Waals surface area contributed by atoms with Crippen LogP contribution in [0.4, 0.5) is 0 Å². The van der Waals surface area contributed by atoms with Crippen LogP contribution in [0.5, 0.6) is 0 Å². The van der Waals surface area contributed by atoms with Crippen molar-refractivity contribution in [1.82, 2.24) is 0 Å². The Labute approximate surface area is 102 Å². The number of nitrogens with two attached hydrogens (primary N) is 2. The summed E-state index contributed by atoms with van der Waals surface area (Å²) in [5.74, 6) is 0. The molecule has 0 radical (unpaired) electrons. The average Bonchev–Trinajstić information content (AvgIpc) is 2.32. The Kier molecular flexibility index (Phi) is 3.50. The molecule has 1 aliphatic carbocycles. The molecule has 0 saturated heterocycles. The first-order chi connectivity index (χ1) is 7.75. The van der Waals surface area contributed by atoms with Gasteiger partial charge >= 0.3 is 102 Å². The molecule has 0 unspecified atom stereocenters. The SMILES string of the molecule is NC1=CCC(=C[Se]c2ccccc2)C=C1N. The average molecular weight is 277 g/mol. The van der Waals surface area contributed by atoms with E-state index < -0.39 is 0 Å². The number of rotatable bonds is 2. The van der Waals surface area contributed by atoms with Gasteiger partial charge in [0.15, 0.2) is 0 Å². The fraction of sp³-hybridized carbons (Fsp3) is 0.0769. The molecular weight excluding hydrogens is 263 g/mol. The second-order valence-electron chi connectivity index (χ2n) is 3.59. The molecule has 0 atom stereocenters. The predicted molar refractivity (Wildman–Crippen MR) is 69.1 cm³/mol. The molecule has 1 aromatic rings. The Bertz CT molecular complexity index is 458. The summed E-state index contributed by atoms with van der Waals surface area (Å²) in [5, 5.41) is 0. The topological polar surface area (TPSA) is 52.0 Å². The van der Waals surface area contributed by atoms with Crippen molar-refractivity contribution in [3.63, 3.8) is 0 Å². The number of hydrogen-bond donors (Lipinski definition) is 2. The van der Waals surface area contributed by atoms with E-state index in [9.17, 15) is 0 Å². The zero-order valence-electron chi connectivity index (χ0n) is 8.89. The van der Waals surface area contributed by atoms with Crippen LogP contribution in [0.25, 0.3) is 0 Å². The summed E-state index contributed by atoms with van der Waals surface area (Å²) in [6.07, 6.45) is 4.84. The van der Waals surface area contributed by atoms with Gasteiger partial charge in [0.2, 0.25) is 0 Å². The van der Waals surface area contributed by atoms with Gasteiger partial charge in [0.25, 0.3) is 0 Å². The van der Waals surface area contributed by atoms with E-state index in [0.29, 0.717) is 26.4 Å². The van der Waals surface area contributed by atoms with Crippen LogP contribution in [-0.4, -0.2) is 15.0 Å². The summed E-state index contributed by atoms with van der Waals surface area (Å²) >= 11 is 0.368. The van der Waals surface area contributed by atoms with Crippen LogP contribution < -0.4 is 15.9 Å². The summed E-state index contributed by atoms with van der Waals surface area (Å²) in [6, 6.07) is 10.5. The first-order valence-electron chi connectivity index (χ1n) is 5.09. The molecule has 0 fully saturated rings. The molecule has 1 aliphatic rings. The first-order valence-corrected chi connectivity index (χ1v) is 6.94. The van der Waals surface area contributed by atoms with Gasteiger partial charge in [0, 0.05) is 0 Å². The van der Waals surface area contributed by atoms with E-state index in [1.54, 1.807) is 0 Å². The van der Waals surface area contributed by atoms with E-state index in [1.165, 1.54) is 10.0 Å². The molecule has 0 spiro atoms. The molecule has 0 aromatic heterocycles. The molecule has 2 rings (SSSR count). The maximum absolute atomic E-state index is 5.77. The van der Waals surface area contributed by atoms with E-state index in [-0.39, 0.29) is 0 Å². The van der Waals surface area contributed by atoms with Gasteiger partial charge < -0.3 is 0 Å².